The topological polar surface area (TPSA) is 76.4 Å². The van der Waals surface area contributed by atoms with Crippen LogP contribution < -0.4 is 15.4 Å². The Hall–Kier alpha value is -2.54. The van der Waals surface area contributed by atoms with Crippen LogP contribution in [-0.2, 0) is 6.54 Å². The number of furan rings is 1. The van der Waals surface area contributed by atoms with Gasteiger partial charge in [0.05, 0.1) is 24.2 Å². The lowest BCUT2D eigenvalue weighted by molar-refractivity contribution is 0.236. The molecule has 6 nitrogen and oxygen atoms in total. The average Bonchev–Trinajstić information content (AvgIpc) is 3.20. The maximum absolute atomic E-state index is 12.1. The second-order valence-corrected chi connectivity index (χ2v) is 6.97. The number of nitrogens with one attached hydrogen (secondary N) is 2. The smallest absolute Gasteiger partial charge is 0.315 e. The minimum atomic E-state index is -0.259. The summed E-state index contributed by atoms with van der Waals surface area (Å²) >= 11 is 1.57. The minimum absolute atomic E-state index is 0.246. The number of para-hydroxylation sites is 1. The molecule has 1 aromatic carbocycles. The number of aryl methyl sites for hydroxylation is 1. The fraction of sp³-hybridized carbons (Fsp3) is 0.333. The minimum Gasteiger partial charge on any atom is -0.490 e. The van der Waals surface area contributed by atoms with Gasteiger partial charge in [-0.15, -0.1) is 11.3 Å². The molecule has 0 aliphatic heterocycles. The Kier molecular flexibility index (Phi) is 5.23. The third-order valence-electron chi connectivity index (χ3n) is 3.69. The largest absolute Gasteiger partial charge is 0.490 e. The van der Waals surface area contributed by atoms with Gasteiger partial charge in [0.25, 0.3) is 0 Å². The summed E-state index contributed by atoms with van der Waals surface area (Å²) in [7, 11) is 0. The number of hydrogen-bond acceptors (Lipinski definition) is 5. The molecule has 1 atom stereocenters. The van der Waals surface area contributed by atoms with Crippen LogP contribution in [-0.4, -0.2) is 17.6 Å². The van der Waals surface area contributed by atoms with Crippen LogP contribution in [0.3, 0.4) is 0 Å². The molecule has 25 heavy (non-hydrogen) atoms. The van der Waals surface area contributed by atoms with Gasteiger partial charge < -0.3 is 19.8 Å². The van der Waals surface area contributed by atoms with Crippen molar-refractivity contribution in [1.82, 2.24) is 15.6 Å². The number of rotatable bonds is 6. The number of amides is 2. The van der Waals surface area contributed by atoms with E-state index >= 15 is 0 Å². The van der Waals surface area contributed by atoms with Crippen molar-refractivity contribution in [2.45, 2.75) is 33.4 Å². The Labute approximate surface area is 150 Å². The van der Waals surface area contributed by atoms with Crippen LogP contribution in [0.4, 0.5) is 4.79 Å². The molecule has 0 spiro atoms. The number of nitrogens with zero attached hydrogens (tertiary/aromatic N) is 1. The monoisotopic (exact) mass is 359 g/mol. The van der Waals surface area contributed by atoms with E-state index in [1.54, 1.807) is 17.5 Å². The third kappa shape index (κ3) is 4.11. The fourth-order valence-corrected chi connectivity index (χ4v) is 3.25. The quantitative estimate of drug-likeness (QED) is 0.693. The van der Waals surface area contributed by atoms with Crippen molar-refractivity contribution in [2.24, 2.45) is 0 Å². The first-order valence-corrected chi connectivity index (χ1v) is 8.99. The van der Waals surface area contributed by atoms with Crippen molar-refractivity contribution in [3.8, 4) is 5.75 Å². The second-order valence-electron chi connectivity index (χ2n) is 5.65. The molecule has 0 radical (unpaired) electrons. The second kappa shape index (κ2) is 7.57. The van der Waals surface area contributed by atoms with Gasteiger partial charge in [0.2, 0.25) is 0 Å². The van der Waals surface area contributed by atoms with Crippen molar-refractivity contribution in [3.63, 3.8) is 0 Å². The van der Waals surface area contributed by atoms with Gasteiger partial charge in [-0.3, -0.25) is 0 Å². The van der Waals surface area contributed by atoms with E-state index in [2.05, 4.69) is 15.6 Å². The van der Waals surface area contributed by atoms with E-state index in [0.29, 0.717) is 30.2 Å². The van der Waals surface area contributed by atoms with E-state index in [-0.39, 0.29) is 12.1 Å². The van der Waals surface area contributed by atoms with Crippen LogP contribution in [0, 0.1) is 6.92 Å². The van der Waals surface area contributed by atoms with Gasteiger partial charge in [-0.1, -0.05) is 12.1 Å². The highest BCUT2D eigenvalue weighted by atomic mass is 32.1. The molecule has 3 aromatic rings. The number of fused-ring (bicyclic) bond motifs is 1. The molecule has 3 rings (SSSR count). The van der Waals surface area contributed by atoms with E-state index in [9.17, 15) is 4.79 Å². The molecule has 1 unspecified atom stereocenters. The highest BCUT2D eigenvalue weighted by Crippen LogP contribution is 2.31. The van der Waals surface area contributed by atoms with Crippen LogP contribution in [0.25, 0.3) is 11.0 Å². The van der Waals surface area contributed by atoms with Crippen molar-refractivity contribution < 1.29 is 13.9 Å². The Morgan fingerprint density at radius 3 is 3.00 bits per heavy atom. The summed E-state index contributed by atoms with van der Waals surface area (Å²) in [6.07, 6.45) is 1.78. The van der Waals surface area contributed by atoms with Crippen molar-refractivity contribution in [3.05, 3.63) is 46.1 Å². The lowest BCUT2D eigenvalue weighted by Gasteiger charge is -2.12. The number of aromatic nitrogens is 1. The number of carbonyl (C=O) groups excluding carboxylic acids is 1. The zero-order valence-corrected chi connectivity index (χ0v) is 15.3. The number of benzene rings is 1. The van der Waals surface area contributed by atoms with E-state index in [1.807, 2.05) is 45.0 Å². The fourth-order valence-electron chi connectivity index (χ4n) is 2.51. The van der Waals surface area contributed by atoms with Gasteiger partial charge in [0.15, 0.2) is 11.3 Å². The van der Waals surface area contributed by atoms with E-state index < -0.39 is 0 Å². The molecule has 2 heterocycles. The number of ether oxygens (including phenoxy) is 1. The number of carbonyl (C=O) groups is 1. The summed E-state index contributed by atoms with van der Waals surface area (Å²) in [5, 5.41) is 7.66. The third-order valence-corrected chi connectivity index (χ3v) is 4.61. The van der Waals surface area contributed by atoms with Crippen LogP contribution in [0.2, 0.25) is 0 Å². The summed E-state index contributed by atoms with van der Waals surface area (Å²) in [4.78, 5) is 17.3. The molecule has 7 heteroatoms. The Morgan fingerprint density at radius 1 is 1.44 bits per heavy atom. The summed E-state index contributed by atoms with van der Waals surface area (Å²) in [5.74, 6) is 1.40. The van der Waals surface area contributed by atoms with Gasteiger partial charge >= 0.3 is 6.03 Å². The van der Waals surface area contributed by atoms with Gasteiger partial charge in [-0.05, 0) is 32.9 Å². The first kappa shape index (κ1) is 17.3. The van der Waals surface area contributed by atoms with Gasteiger partial charge in [-0.25, -0.2) is 9.78 Å². The van der Waals surface area contributed by atoms with E-state index in [4.69, 9.17) is 9.15 Å². The summed E-state index contributed by atoms with van der Waals surface area (Å²) < 4.78 is 11.5. The molecule has 2 aromatic heterocycles. The summed E-state index contributed by atoms with van der Waals surface area (Å²) in [5.41, 5.74) is 0.702. The molecule has 0 saturated heterocycles. The first-order chi connectivity index (χ1) is 12.1. The number of urea groups is 1. The van der Waals surface area contributed by atoms with Gasteiger partial charge in [-0.2, -0.15) is 0 Å². The molecule has 2 N–H and O–H groups in total. The first-order valence-electron chi connectivity index (χ1n) is 8.17. The molecule has 0 fully saturated rings. The van der Waals surface area contributed by atoms with Gasteiger partial charge in [0.1, 0.15) is 5.76 Å². The standard InChI is InChI=1S/C18H21N3O3S/c1-4-23-15-7-5-6-13-8-16(24-17(13)15)11(2)21-18(22)20-10-14-9-19-12(3)25-14/h5-9,11H,4,10H2,1-3H3,(H2,20,21,22). The lowest BCUT2D eigenvalue weighted by atomic mass is 10.2. The summed E-state index contributed by atoms with van der Waals surface area (Å²) in [6, 6.07) is 7.18. The molecule has 0 bridgehead atoms. The molecule has 132 valence electrons. The SMILES string of the molecule is CCOc1cccc2cc(C(C)NC(=O)NCc3cnc(C)s3)oc12. The molecule has 0 saturated carbocycles. The maximum Gasteiger partial charge on any atom is 0.315 e. The van der Waals surface area contributed by atoms with Crippen molar-refractivity contribution >= 4 is 28.3 Å². The highest BCUT2D eigenvalue weighted by molar-refractivity contribution is 7.11. The normalized spacial score (nSPS) is 12.1. The predicted molar refractivity (Wildman–Crippen MR) is 98.0 cm³/mol. The highest BCUT2D eigenvalue weighted by Gasteiger charge is 2.16. The predicted octanol–water partition coefficient (Wildman–Crippen LogP) is 4.16. The van der Waals surface area contributed by atoms with Crippen LogP contribution in [0.5, 0.6) is 5.75 Å². The van der Waals surface area contributed by atoms with E-state index in [0.717, 1.165) is 15.3 Å². The average molecular weight is 359 g/mol. The zero-order chi connectivity index (χ0) is 17.8. The Bertz CT molecular complexity index is 871. The van der Waals surface area contributed by atoms with Crippen LogP contribution in [0.1, 0.15) is 35.5 Å². The molecule has 0 aliphatic rings. The van der Waals surface area contributed by atoms with Crippen LogP contribution in [0.15, 0.2) is 34.9 Å². The Morgan fingerprint density at radius 2 is 2.28 bits per heavy atom. The number of thiazole rings is 1. The molecule has 2 amide bonds. The molecular formula is C18H21N3O3S. The maximum atomic E-state index is 12.1. The molecule has 0 aliphatic carbocycles. The summed E-state index contributed by atoms with van der Waals surface area (Å²) in [6.45, 7) is 6.78. The zero-order valence-electron chi connectivity index (χ0n) is 14.5. The lowest BCUT2D eigenvalue weighted by Crippen LogP contribution is -2.36. The number of hydrogen-bond donors (Lipinski definition) is 2. The molecular weight excluding hydrogens is 338 g/mol. The van der Waals surface area contributed by atoms with Crippen molar-refractivity contribution in [2.75, 3.05) is 6.61 Å². The van der Waals surface area contributed by atoms with E-state index in [1.165, 1.54) is 0 Å². The van der Waals surface area contributed by atoms with Gasteiger partial charge in [0, 0.05) is 16.5 Å². The van der Waals surface area contributed by atoms with Crippen LogP contribution >= 0.6 is 11.3 Å². The Balaban J connectivity index is 1.64. The van der Waals surface area contributed by atoms with Crippen molar-refractivity contribution in [1.29, 1.82) is 0 Å².